The number of rotatable bonds is 8. The number of carbonyl (C=O) groups is 1. The number of guanidine groups is 1. The number of ether oxygens (including phenoxy) is 1. The van der Waals surface area contributed by atoms with Gasteiger partial charge < -0.3 is 20.7 Å². The monoisotopic (exact) mass is 502 g/mol. The van der Waals surface area contributed by atoms with E-state index in [2.05, 4.69) is 29.1 Å². The fourth-order valence-electron chi connectivity index (χ4n) is 3.86. The first-order chi connectivity index (χ1) is 13.0. The molecule has 1 heterocycles. The Morgan fingerprint density at radius 2 is 2.07 bits per heavy atom. The first kappa shape index (κ1) is 24.5. The van der Waals surface area contributed by atoms with Gasteiger partial charge in [0.05, 0.1) is 0 Å². The molecule has 0 saturated carbocycles. The number of hydrogen-bond acceptors (Lipinski definition) is 3. The minimum atomic E-state index is -0.470. The molecule has 1 aromatic carbocycles. The first-order valence-electron chi connectivity index (χ1n) is 9.91. The Kier molecular flexibility index (Phi) is 10.6. The third-order valence-corrected chi connectivity index (χ3v) is 5.15. The number of nitrogens with zero attached hydrogens (tertiary/aromatic N) is 2. The zero-order chi connectivity index (χ0) is 19.7. The minimum Gasteiger partial charge on any atom is -0.484 e. The summed E-state index contributed by atoms with van der Waals surface area (Å²) in [6, 6.07) is 7.77. The van der Waals surface area contributed by atoms with Gasteiger partial charge in [0.15, 0.2) is 12.6 Å². The maximum absolute atomic E-state index is 10.8. The van der Waals surface area contributed by atoms with Crippen LogP contribution in [0.15, 0.2) is 29.3 Å². The number of benzene rings is 1. The van der Waals surface area contributed by atoms with Crippen molar-refractivity contribution in [1.29, 1.82) is 0 Å². The van der Waals surface area contributed by atoms with E-state index < -0.39 is 5.91 Å². The van der Waals surface area contributed by atoms with E-state index in [1.165, 1.54) is 31.2 Å². The molecule has 0 bridgehead atoms. The van der Waals surface area contributed by atoms with E-state index >= 15 is 0 Å². The third-order valence-electron chi connectivity index (χ3n) is 5.15. The van der Waals surface area contributed by atoms with Gasteiger partial charge in [-0.2, -0.15) is 0 Å². The summed E-state index contributed by atoms with van der Waals surface area (Å²) in [5.74, 6) is 1.19. The molecule has 1 unspecified atom stereocenters. The summed E-state index contributed by atoms with van der Waals surface area (Å²) < 4.78 is 5.29. The number of amides is 1. The zero-order valence-corrected chi connectivity index (χ0v) is 19.7. The van der Waals surface area contributed by atoms with Crippen molar-refractivity contribution in [3.63, 3.8) is 0 Å². The Hall–Kier alpha value is -1.51. The number of likely N-dealkylation sites (tertiary alicyclic amines) is 1. The summed E-state index contributed by atoms with van der Waals surface area (Å²) in [7, 11) is 1.86. The van der Waals surface area contributed by atoms with E-state index in [9.17, 15) is 4.79 Å². The van der Waals surface area contributed by atoms with Crippen LogP contribution in [0.3, 0.4) is 0 Å². The van der Waals surface area contributed by atoms with Crippen LogP contribution in [0.25, 0.3) is 0 Å². The molecule has 1 aliphatic heterocycles. The lowest BCUT2D eigenvalue weighted by atomic mass is 9.78. The normalized spacial score (nSPS) is 19.7. The maximum atomic E-state index is 10.8. The molecule has 2 rings (SSSR count). The lowest BCUT2D eigenvalue weighted by Crippen LogP contribution is -2.50. The topological polar surface area (TPSA) is 79.9 Å². The van der Waals surface area contributed by atoms with Crippen LogP contribution in [-0.4, -0.2) is 50.1 Å². The molecule has 1 amide bonds. The number of piperidine rings is 1. The number of halogens is 1. The van der Waals surface area contributed by atoms with Crippen molar-refractivity contribution in [1.82, 2.24) is 10.2 Å². The van der Waals surface area contributed by atoms with Crippen LogP contribution >= 0.6 is 24.0 Å². The number of nitrogens with two attached hydrogens (primary N) is 1. The van der Waals surface area contributed by atoms with Crippen molar-refractivity contribution >= 4 is 35.8 Å². The summed E-state index contributed by atoms with van der Waals surface area (Å²) >= 11 is 0. The van der Waals surface area contributed by atoms with E-state index in [-0.39, 0.29) is 30.6 Å². The Bertz CT molecular complexity index is 632. The minimum absolute atomic E-state index is 0. The number of nitrogens with one attached hydrogen (secondary N) is 1. The van der Waals surface area contributed by atoms with Crippen LogP contribution in [0.4, 0.5) is 0 Å². The standard InChI is InChI=1S/C21H34N4O2.HI/c1-4-11-21(2)12-5-14-25(16-21)20(23-3)24-13-10-17-6-8-18(9-7-17)27-15-19(22)26;/h6-9H,4-5,10-16H2,1-3H3,(H2,22,26)(H,23,24);1H. The average Bonchev–Trinajstić information content (AvgIpc) is 2.64. The van der Waals surface area contributed by atoms with E-state index in [0.29, 0.717) is 11.2 Å². The predicted molar refractivity (Wildman–Crippen MR) is 125 cm³/mol. The van der Waals surface area contributed by atoms with Crippen molar-refractivity contribution in [3.05, 3.63) is 29.8 Å². The maximum Gasteiger partial charge on any atom is 0.255 e. The van der Waals surface area contributed by atoms with Crippen molar-refractivity contribution in [2.75, 3.05) is 33.3 Å². The van der Waals surface area contributed by atoms with Gasteiger partial charge in [0, 0.05) is 26.7 Å². The van der Waals surface area contributed by atoms with Crippen molar-refractivity contribution in [2.24, 2.45) is 16.1 Å². The predicted octanol–water partition coefficient (Wildman–Crippen LogP) is 3.19. The summed E-state index contributed by atoms with van der Waals surface area (Å²) in [6.07, 6.45) is 5.93. The Labute approximate surface area is 186 Å². The van der Waals surface area contributed by atoms with Gasteiger partial charge in [0.25, 0.3) is 5.91 Å². The summed E-state index contributed by atoms with van der Waals surface area (Å²) in [4.78, 5) is 17.6. The molecule has 0 aromatic heterocycles. The van der Waals surface area contributed by atoms with Crippen LogP contribution < -0.4 is 15.8 Å². The second-order valence-corrected chi connectivity index (χ2v) is 7.71. The molecule has 158 valence electrons. The highest BCUT2D eigenvalue weighted by molar-refractivity contribution is 14.0. The van der Waals surface area contributed by atoms with Gasteiger partial charge in [-0.1, -0.05) is 32.4 Å². The number of primary amides is 1. The highest BCUT2D eigenvalue weighted by Gasteiger charge is 2.31. The van der Waals surface area contributed by atoms with Crippen LogP contribution in [0.5, 0.6) is 5.75 Å². The highest BCUT2D eigenvalue weighted by atomic mass is 127. The summed E-state index contributed by atoms with van der Waals surface area (Å²) in [5, 5.41) is 3.51. The molecular formula is C21H35IN4O2. The summed E-state index contributed by atoms with van der Waals surface area (Å²) in [5.41, 5.74) is 6.69. The lowest BCUT2D eigenvalue weighted by molar-refractivity contribution is -0.119. The molecule has 0 aliphatic carbocycles. The van der Waals surface area contributed by atoms with Crippen LogP contribution in [0.1, 0.15) is 45.1 Å². The molecule has 3 N–H and O–H groups in total. The van der Waals surface area contributed by atoms with Gasteiger partial charge in [0.2, 0.25) is 0 Å². The molecule has 1 atom stereocenters. The third kappa shape index (κ3) is 7.85. The van der Waals surface area contributed by atoms with Gasteiger partial charge in [-0.15, -0.1) is 24.0 Å². The highest BCUT2D eigenvalue weighted by Crippen LogP contribution is 2.33. The molecule has 0 radical (unpaired) electrons. The Morgan fingerprint density at radius 3 is 2.68 bits per heavy atom. The van der Waals surface area contributed by atoms with Gasteiger partial charge in [0.1, 0.15) is 5.75 Å². The van der Waals surface area contributed by atoms with Gasteiger partial charge in [-0.05, 0) is 48.8 Å². The van der Waals surface area contributed by atoms with E-state index in [1.54, 1.807) is 0 Å². The Morgan fingerprint density at radius 1 is 1.36 bits per heavy atom. The number of hydrogen-bond donors (Lipinski definition) is 2. The van der Waals surface area contributed by atoms with E-state index in [0.717, 1.165) is 32.0 Å². The molecule has 6 nitrogen and oxygen atoms in total. The smallest absolute Gasteiger partial charge is 0.255 e. The molecule has 1 aliphatic rings. The molecule has 1 aromatic rings. The second-order valence-electron chi connectivity index (χ2n) is 7.71. The average molecular weight is 502 g/mol. The number of carbonyl (C=O) groups excluding carboxylic acids is 1. The quantitative estimate of drug-likeness (QED) is 0.325. The largest absolute Gasteiger partial charge is 0.484 e. The van der Waals surface area contributed by atoms with Crippen LogP contribution in [0, 0.1) is 5.41 Å². The van der Waals surface area contributed by atoms with Crippen molar-refractivity contribution < 1.29 is 9.53 Å². The van der Waals surface area contributed by atoms with E-state index in [4.69, 9.17) is 10.5 Å². The van der Waals surface area contributed by atoms with Crippen molar-refractivity contribution in [2.45, 2.75) is 46.0 Å². The zero-order valence-electron chi connectivity index (χ0n) is 17.4. The molecule has 1 saturated heterocycles. The molecular weight excluding hydrogens is 467 g/mol. The van der Waals surface area contributed by atoms with Gasteiger partial charge in [-0.25, -0.2) is 0 Å². The lowest BCUT2D eigenvalue weighted by Gasteiger charge is -2.42. The molecule has 1 fully saturated rings. The Balaban J connectivity index is 0.00000392. The fourth-order valence-corrected chi connectivity index (χ4v) is 3.86. The first-order valence-corrected chi connectivity index (χ1v) is 9.91. The second kappa shape index (κ2) is 12.1. The molecule has 28 heavy (non-hydrogen) atoms. The summed E-state index contributed by atoms with van der Waals surface area (Å²) in [6.45, 7) is 7.55. The van der Waals surface area contributed by atoms with E-state index in [1.807, 2.05) is 31.3 Å². The van der Waals surface area contributed by atoms with Crippen LogP contribution in [0.2, 0.25) is 0 Å². The molecule has 7 heteroatoms. The van der Waals surface area contributed by atoms with Gasteiger partial charge in [-0.3, -0.25) is 9.79 Å². The SMILES string of the molecule is CCCC1(C)CCCN(C(=NC)NCCc2ccc(OCC(N)=O)cc2)C1.I. The number of aliphatic imine (C=N–C) groups is 1. The molecule has 0 spiro atoms. The fraction of sp³-hybridized carbons (Fsp3) is 0.619. The van der Waals surface area contributed by atoms with Crippen LogP contribution in [-0.2, 0) is 11.2 Å². The van der Waals surface area contributed by atoms with Gasteiger partial charge >= 0.3 is 0 Å². The van der Waals surface area contributed by atoms with Crippen molar-refractivity contribution in [3.8, 4) is 5.75 Å².